The van der Waals surface area contributed by atoms with E-state index in [2.05, 4.69) is 0 Å². The average Bonchev–Trinajstić information content (AvgIpc) is 1.26. The molecule has 102 heavy (non-hydrogen) atoms. The van der Waals surface area contributed by atoms with Crippen molar-refractivity contribution in [3.63, 3.8) is 0 Å². The van der Waals surface area contributed by atoms with Crippen LogP contribution in [0, 0.1) is 41.4 Å². The molecule has 1 aliphatic carbocycles. The Hall–Kier alpha value is -4.83. The molecular weight excluding hydrogens is 1330 g/mol. The number of esters is 3. The zero-order chi connectivity index (χ0) is 75.5. The minimum Gasteiger partial charge on any atom is -0.462 e. The third-order valence-electron chi connectivity index (χ3n) is 21.6. The third-order valence-corrected chi connectivity index (χ3v) is 21.6. The van der Waals surface area contributed by atoms with Crippen molar-refractivity contribution in [3.8, 4) is 0 Å². The number of rotatable bonds is 16. The molecule has 2 bridgehead atoms. The van der Waals surface area contributed by atoms with E-state index in [1.54, 1.807) is 99.6 Å². The summed E-state index contributed by atoms with van der Waals surface area (Å²) >= 11 is 0. The number of aliphatic hydroxyl groups excluding tert-OH is 12. The smallest absolute Gasteiger partial charge is 0.330 e. The predicted octanol–water partition coefficient (Wildman–Crippen LogP) is 3.51. The van der Waals surface area contributed by atoms with Gasteiger partial charge in [0.15, 0.2) is 24.1 Å². The highest BCUT2D eigenvalue weighted by Gasteiger charge is 2.57. The lowest BCUT2D eigenvalue weighted by atomic mass is 9.77. The van der Waals surface area contributed by atoms with Crippen LogP contribution in [0.2, 0.25) is 0 Å². The summed E-state index contributed by atoms with van der Waals surface area (Å²) in [5.74, 6) is -11.2. The average molecular weight is 1450 g/mol. The van der Waals surface area contributed by atoms with Crippen molar-refractivity contribution in [3.05, 3.63) is 76.9 Å². The van der Waals surface area contributed by atoms with E-state index < -0.39 is 206 Å². The number of ketones is 2. The van der Waals surface area contributed by atoms with Gasteiger partial charge in [0.1, 0.15) is 36.6 Å². The predicted molar refractivity (Wildman–Crippen MR) is 366 cm³/mol. The van der Waals surface area contributed by atoms with E-state index in [9.17, 15) is 90.4 Å². The van der Waals surface area contributed by atoms with Crippen molar-refractivity contribution in [2.24, 2.45) is 41.4 Å². The Morgan fingerprint density at radius 2 is 1.27 bits per heavy atom. The summed E-state index contributed by atoms with van der Waals surface area (Å²) in [5.41, 5.74) is 1.61. The summed E-state index contributed by atoms with van der Waals surface area (Å²) in [6.07, 6.45) is -16.7. The Kier molecular flexibility index (Phi) is 31.1. The Morgan fingerprint density at radius 3 is 1.94 bits per heavy atom. The number of carbonyl (C=O) groups excluding carboxylic acids is 5. The van der Waals surface area contributed by atoms with Gasteiger partial charge in [-0.3, -0.25) is 19.2 Å². The van der Waals surface area contributed by atoms with E-state index in [4.69, 9.17) is 42.6 Å². The first kappa shape index (κ1) is 84.4. The van der Waals surface area contributed by atoms with Crippen LogP contribution in [-0.2, 0) is 57.0 Å². The van der Waals surface area contributed by atoms with E-state index in [1.807, 2.05) is 6.92 Å². The minimum atomic E-state index is -2.90. The Balaban J connectivity index is 0.935. The monoisotopic (exact) mass is 1450 g/mol. The Bertz CT molecular complexity index is 3050. The quantitative estimate of drug-likeness (QED) is 0.0487. The molecule has 32 atom stereocenters. The topological polar surface area (TPSA) is 435 Å². The van der Waals surface area contributed by atoms with Gasteiger partial charge in [0, 0.05) is 98.7 Å². The molecule has 5 heterocycles. The van der Waals surface area contributed by atoms with Gasteiger partial charge in [0.25, 0.3) is 0 Å². The number of benzene rings is 1. The lowest BCUT2D eigenvalue weighted by Gasteiger charge is -2.47. The van der Waals surface area contributed by atoms with Gasteiger partial charge < -0.3 is 109 Å². The lowest BCUT2D eigenvalue weighted by molar-refractivity contribution is -0.367. The maximum absolute atomic E-state index is 13.8. The second-order valence-corrected chi connectivity index (χ2v) is 29.9. The molecule has 0 spiro atoms. The van der Waals surface area contributed by atoms with Gasteiger partial charge in [0.2, 0.25) is 5.79 Å². The number of allylic oxidation sites excluding steroid dienone is 3. The van der Waals surface area contributed by atoms with Crippen LogP contribution in [0.5, 0.6) is 0 Å². The fraction of sp³-hybridized carbons (Fsp3) is 0.747. The molecule has 27 nitrogen and oxygen atoms in total. The van der Waals surface area contributed by atoms with Gasteiger partial charge in [-0.05, 0) is 108 Å². The molecule has 0 unspecified atom stereocenters. The first-order valence-corrected chi connectivity index (χ1v) is 36.3. The molecule has 0 aromatic heterocycles. The molecule has 4 fully saturated rings. The molecule has 0 saturated carbocycles. The molecule has 576 valence electrons. The van der Waals surface area contributed by atoms with Crippen molar-refractivity contribution in [1.29, 1.82) is 0 Å². The van der Waals surface area contributed by atoms with Gasteiger partial charge >= 0.3 is 17.9 Å². The second-order valence-electron chi connectivity index (χ2n) is 29.9. The molecule has 4 saturated heterocycles. The number of ether oxygens (including phenoxy) is 9. The fourth-order valence-electron chi connectivity index (χ4n) is 14.7. The highest BCUT2D eigenvalue weighted by molar-refractivity contribution is 6.22. The van der Waals surface area contributed by atoms with E-state index in [1.165, 1.54) is 24.3 Å². The fourth-order valence-corrected chi connectivity index (χ4v) is 14.7. The van der Waals surface area contributed by atoms with Crippen LogP contribution in [0.15, 0.2) is 60.2 Å². The number of hydrogen-bond donors (Lipinski definition) is 13. The summed E-state index contributed by atoms with van der Waals surface area (Å²) in [6, 6.07) is 4.81. The normalized spacial score (nSPS) is 39.9. The highest BCUT2D eigenvalue weighted by atomic mass is 16.7. The van der Waals surface area contributed by atoms with Gasteiger partial charge in [0.05, 0.1) is 104 Å². The summed E-state index contributed by atoms with van der Waals surface area (Å²) in [5, 5.41) is 147. The lowest BCUT2D eigenvalue weighted by Crippen LogP contribution is -2.67. The highest BCUT2D eigenvalue weighted by Crippen LogP contribution is 2.42. The summed E-state index contributed by atoms with van der Waals surface area (Å²) < 4.78 is 54.6. The van der Waals surface area contributed by atoms with Gasteiger partial charge in [-0.1, -0.05) is 71.9 Å². The molecule has 1 aromatic carbocycles. The second kappa shape index (κ2) is 37.6. The number of cyclic esters (lactones) is 1. The number of fused-ring (bicyclic) bond motifs is 4. The maximum Gasteiger partial charge on any atom is 0.330 e. The van der Waals surface area contributed by atoms with Crippen LogP contribution in [0.25, 0.3) is 6.08 Å². The number of carbonyl (C=O) groups is 5. The van der Waals surface area contributed by atoms with Crippen LogP contribution in [0.1, 0.15) is 186 Å². The number of aliphatic hydroxyl groups is 13. The molecule has 0 radical (unpaired) electrons. The first-order chi connectivity index (χ1) is 47.9. The Labute approximate surface area is 597 Å². The summed E-state index contributed by atoms with van der Waals surface area (Å²) in [7, 11) is 0. The third kappa shape index (κ3) is 22.4. The molecule has 5 aliphatic heterocycles. The number of epoxide rings is 1. The van der Waals surface area contributed by atoms with Gasteiger partial charge in [-0.25, -0.2) is 4.79 Å². The van der Waals surface area contributed by atoms with E-state index in [0.717, 1.165) is 13.0 Å². The molecule has 6 aliphatic rings. The van der Waals surface area contributed by atoms with Crippen molar-refractivity contribution in [1.82, 2.24) is 0 Å². The van der Waals surface area contributed by atoms with E-state index in [-0.39, 0.29) is 74.6 Å². The van der Waals surface area contributed by atoms with Crippen LogP contribution in [0.4, 0.5) is 0 Å². The van der Waals surface area contributed by atoms with Crippen molar-refractivity contribution in [2.45, 2.75) is 313 Å². The SMILES string of the molecule is CC(=O)O[C@H]1C[C@@H](O)C[C@H](O)C[C@@H](O)[C@@H]2O[C@H]2[C@@H](C)[C@@H]([C@@H](C)[C@@H](O)[C@H](C)[C@@H](O)[C@@H](C)[C@@H](C)O[C@H]2CC[C@H](O[C@@H]3CC[C@@H](OC(=O)[C@@H](C)[C@@H](O)/C(C)=C/c4ccc5c(c4)C(=O)C=CC5=O)[C@H](C)O3)[C@H](C)O2)OC(=O)/C=C\[C@H](C)[C@@H](O)C[C@H](O)/C=C\CC[C@@H](C)[C@@H](O)[C@H](O)[C@@]2(O)O[C@@H](C1)C[C@@H](O)[C@@H]2O. The van der Waals surface area contributed by atoms with E-state index >= 15 is 0 Å². The zero-order valence-electron chi connectivity index (χ0n) is 60.7. The van der Waals surface area contributed by atoms with Crippen molar-refractivity contribution >= 4 is 35.6 Å². The molecule has 0 amide bonds. The van der Waals surface area contributed by atoms with E-state index in [0.29, 0.717) is 42.4 Å². The van der Waals surface area contributed by atoms with Crippen LogP contribution in [-0.4, -0.2) is 249 Å². The zero-order valence-corrected chi connectivity index (χ0v) is 60.7. The van der Waals surface area contributed by atoms with Crippen LogP contribution in [0.3, 0.4) is 0 Å². The molecule has 1 aromatic rings. The summed E-state index contributed by atoms with van der Waals surface area (Å²) in [4.78, 5) is 64.2. The van der Waals surface area contributed by atoms with Crippen LogP contribution < -0.4 is 0 Å². The first-order valence-electron chi connectivity index (χ1n) is 36.3. The standard InChI is InChI=1S/C75H114O27/c1-35-17-24-62(85)100-69(42(8)70-71(101-70)58(83)32-50(79)29-49(78)30-51(97-46(12)76)33-52-34-59(84)72(90)75(93,102-52)73(91)66(87)36(2)15-13-14-16-48(77)31-57(35)82)40(6)68(89)39(5)67(88)38(4)43(9)94-63-25-22-60(44(10)95-63)98-64-26-23-61(45(11)96-64)99-74(92)41(7)65(86)37(3)27-47-18-19-53-54(28-47)56(81)21-20-55(53)80/h14,16-21,24,27-28,35-36,38-45,48-52,57-61,63-73,77-79,82-84,86-91,93H,13,15,22-23,25-26,29-34H2,1-12H3/b16-14-,24-17-,37-27+/t35-,36+,38-,39+,40-,41-,42-,43+,44-,45-,48+,49-,50-,51-,52-,57-,58+,59+,60-,61+,63+,64+,65-,66+,67-,68-,69+,70-,71-,72-,73-,75-/m0/s1. The van der Waals surface area contributed by atoms with Crippen molar-refractivity contribution in [2.75, 3.05) is 0 Å². The van der Waals surface area contributed by atoms with Crippen molar-refractivity contribution < 1.29 is 133 Å². The van der Waals surface area contributed by atoms with Crippen LogP contribution >= 0.6 is 0 Å². The summed E-state index contributed by atoms with van der Waals surface area (Å²) in [6.45, 7) is 19.7. The molecular formula is C75H114O27. The minimum absolute atomic E-state index is 0.157. The van der Waals surface area contributed by atoms with Gasteiger partial charge in [-0.2, -0.15) is 0 Å². The number of hydrogen-bond acceptors (Lipinski definition) is 27. The molecule has 7 rings (SSSR count). The molecule has 27 heteroatoms. The molecule has 13 N–H and O–H groups in total. The maximum atomic E-state index is 13.8. The largest absolute Gasteiger partial charge is 0.462 e. The Morgan fingerprint density at radius 1 is 0.637 bits per heavy atom. The van der Waals surface area contributed by atoms with Gasteiger partial charge in [-0.15, -0.1) is 0 Å².